The largest absolute Gasteiger partial charge is 0.491 e. The summed E-state index contributed by atoms with van der Waals surface area (Å²) < 4.78 is 59.9. The first-order chi connectivity index (χ1) is 22.9. The van der Waals surface area contributed by atoms with Gasteiger partial charge in [0.2, 0.25) is 0 Å². The number of aryl methyl sites for hydroxylation is 1. The Hall–Kier alpha value is -1.38. The van der Waals surface area contributed by atoms with Crippen LogP contribution in [0.2, 0.25) is 0 Å². The van der Waals surface area contributed by atoms with E-state index in [2.05, 4.69) is 31.2 Å². The molecule has 0 saturated carbocycles. The predicted molar refractivity (Wildman–Crippen MR) is 178 cm³/mol. The number of methoxy groups -OCH3 is 1. The minimum absolute atomic E-state index is 0.520. The molecular formula is C35H64O11. The molecule has 270 valence electrons. The second-order valence-corrected chi connectivity index (χ2v) is 10.5. The van der Waals surface area contributed by atoms with Gasteiger partial charge in [-0.15, -0.1) is 0 Å². The second-order valence-electron chi connectivity index (χ2n) is 10.5. The molecule has 0 heterocycles. The zero-order valence-electron chi connectivity index (χ0n) is 28.9. The highest BCUT2D eigenvalue weighted by Crippen LogP contribution is 2.15. The Morgan fingerprint density at radius 3 is 1.07 bits per heavy atom. The summed E-state index contributed by atoms with van der Waals surface area (Å²) in [6.07, 6.45) is 9.10. The molecule has 0 N–H and O–H groups in total. The molecule has 0 radical (unpaired) electrons. The van der Waals surface area contributed by atoms with Crippen LogP contribution in [0, 0.1) is 0 Å². The fourth-order valence-corrected chi connectivity index (χ4v) is 4.08. The first kappa shape index (κ1) is 42.6. The zero-order valence-corrected chi connectivity index (χ0v) is 28.9. The summed E-state index contributed by atoms with van der Waals surface area (Å²) in [5, 5.41) is 0. The minimum Gasteiger partial charge on any atom is -0.491 e. The summed E-state index contributed by atoms with van der Waals surface area (Å²) in [4.78, 5) is 0. The monoisotopic (exact) mass is 660 g/mol. The van der Waals surface area contributed by atoms with Crippen LogP contribution in [0.1, 0.15) is 51.0 Å². The maximum Gasteiger partial charge on any atom is 0.119 e. The van der Waals surface area contributed by atoms with Crippen LogP contribution in [0.4, 0.5) is 0 Å². The minimum atomic E-state index is 0.520. The van der Waals surface area contributed by atoms with Gasteiger partial charge in [0.25, 0.3) is 0 Å². The van der Waals surface area contributed by atoms with E-state index in [1.54, 1.807) is 7.11 Å². The summed E-state index contributed by atoms with van der Waals surface area (Å²) in [6, 6.07) is 8.44. The second kappa shape index (κ2) is 36.5. The Balaban J connectivity index is 1.70. The first-order valence-corrected chi connectivity index (χ1v) is 17.3. The van der Waals surface area contributed by atoms with Gasteiger partial charge in [0, 0.05) is 7.11 Å². The van der Waals surface area contributed by atoms with Crippen molar-refractivity contribution in [3.8, 4) is 5.75 Å². The predicted octanol–water partition coefficient (Wildman–Crippen LogP) is 4.76. The van der Waals surface area contributed by atoms with E-state index in [0.717, 1.165) is 12.2 Å². The molecule has 0 spiro atoms. The van der Waals surface area contributed by atoms with E-state index in [-0.39, 0.29) is 0 Å². The molecule has 0 aliphatic rings. The molecule has 0 amide bonds. The molecule has 0 aromatic heterocycles. The molecule has 11 heteroatoms. The zero-order chi connectivity index (χ0) is 32.9. The molecule has 0 fully saturated rings. The molecule has 1 rings (SSSR count). The normalized spacial score (nSPS) is 11.4. The fourth-order valence-electron chi connectivity index (χ4n) is 4.08. The third-order valence-electron chi connectivity index (χ3n) is 6.65. The van der Waals surface area contributed by atoms with Gasteiger partial charge in [0.1, 0.15) is 12.4 Å². The molecule has 0 unspecified atom stereocenters. The van der Waals surface area contributed by atoms with Crippen molar-refractivity contribution in [2.24, 2.45) is 0 Å². The highest BCUT2D eigenvalue weighted by atomic mass is 16.6. The molecule has 0 bridgehead atoms. The fraction of sp³-hybridized carbons (Fsp3) is 0.829. The average Bonchev–Trinajstić information content (AvgIpc) is 3.08. The lowest BCUT2D eigenvalue weighted by atomic mass is 10.0. The Labute approximate surface area is 278 Å². The number of unbranched alkanes of at least 4 members (excludes halogenated alkanes) is 5. The number of hydrogen-bond donors (Lipinski definition) is 0. The SMILES string of the molecule is CCCCCCCCc1ccc(OCCOCCOCCOCCOCCOCCOCCOCCOCCOCCOC)cc1. The van der Waals surface area contributed by atoms with Gasteiger partial charge in [-0.25, -0.2) is 0 Å². The third-order valence-corrected chi connectivity index (χ3v) is 6.65. The van der Waals surface area contributed by atoms with Crippen molar-refractivity contribution in [3.05, 3.63) is 29.8 Å². The van der Waals surface area contributed by atoms with Gasteiger partial charge in [-0.2, -0.15) is 0 Å². The Bertz CT molecular complexity index is 708. The van der Waals surface area contributed by atoms with E-state index in [4.69, 9.17) is 52.1 Å². The standard InChI is InChI=1S/C35H64O11/c1-3-4-5-6-7-8-9-34-10-12-35(13-11-34)46-33-32-45-31-30-44-29-28-43-27-26-42-25-24-41-23-22-40-21-20-39-19-18-38-17-16-37-15-14-36-2/h10-13H,3-9,14-33H2,1-2H3. The molecule has 0 aliphatic heterocycles. The lowest BCUT2D eigenvalue weighted by molar-refractivity contribution is -0.0262. The third kappa shape index (κ3) is 31.2. The van der Waals surface area contributed by atoms with Gasteiger partial charge >= 0.3 is 0 Å². The lowest BCUT2D eigenvalue weighted by Crippen LogP contribution is -2.15. The van der Waals surface area contributed by atoms with Crippen LogP contribution in [0.3, 0.4) is 0 Å². The van der Waals surface area contributed by atoms with Crippen LogP contribution >= 0.6 is 0 Å². The van der Waals surface area contributed by atoms with E-state index in [0.29, 0.717) is 132 Å². The summed E-state index contributed by atoms with van der Waals surface area (Å²) in [5.41, 5.74) is 1.38. The number of rotatable bonds is 38. The van der Waals surface area contributed by atoms with Gasteiger partial charge in [-0.05, 0) is 30.5 Å². The Morgan fingerprint density at radius 1 is 0.370 bits per heavy atom. The van der Waals surface area contributed by atoms with E-state index in [1.807, 2.05) is 0 Å². The van der Waals surface area contributed by atoms with Gasteiger partial charge in [-0.3, -0.25) is 0 Å². The first-order valence-electron chi connectivity index (χ1n) is 17.3. The van der Waals surface area contributed by atoms with E-state index < -0.39 is 0 Å². The number of benzene rings is 1. The summed E-state index contributed by atoms with van der Waals surface area (Å²) in [6.45, 7) is 13.0. The van der Waals surface area contributed by atoms with Crippen molar-refractivity contribution in [2.45, 2.75) is 51.9 Å². The van der Waals surface area contributed by atoms with Crippen LogP contribution in [0.15, 0.2) is 24.3 Å². The van der Waals surface area contributed by atoms with E-state index in [1.165, 1.54) is 44.1 Å². The lowest BCUT2D eigenvalue weighted by Gasteiger charge is -2.09. The van der Waals surface area contributed by atoms with Crippen LogP contribution in [-0.2, 0) is 53.8 Å². The maximum absolute atomic E-state index is 5.77. The van der Waals surface area contributed by atoms with E-state index >= 15 is 0 Å². The molecule has 1 aromatic rings. The molecule has 0 aliphatic carbocycles. The van der Waals surface area contributed by atoms with Crippen LogP contribution < -0.4 is 4.74 Å². The summed E-state index contributed by atoms with van der Waals surface area (Å²) >= 11 is 0. The van der Waals surface area contributed by atoms with Crippen molar-refractivity contribution in [2.75, 3.05) is 139 Å². The summed E-state index contributed by atoms with van der Waals surface area (Å²) in [7, 11) is 1.65. The van der Waals surface area contributed by atoms with Crippen molar-refractivity contribution >= 4 is 0 Å². The van der Waals surface area contributed by atoms with Gasteiger partial charge in [0.15, 0.2) is 0 Å². The smallest absolute Gasteiger partial charge is 0.119 e. The van der Waals surface area contributed by atoms with Crippen LogP contribution in [-0.4, -0.2) is 139 Å². The molecule has 46 heavy (non-hydrogen) atoms. The molecule has 11 nitrogen and oxygen atoms in total. The van der Waals surface area contributed by atoms with Crippen molar-refractivity contribution < 1.29 is 52.1 Å². The quantitative estimate of drug-likeness (QED) is 0.0918. The topological polar surface area (TPSA) is 102 Å². The highest BCUT2D eigenvalue weighted by Gasteiger charge is 1.99. The average molecular weight is 661 g/mol. The van der Waals surface area contributed by atoms with Crippen LogP contribution in [0.25, 0.3) is 0 Å². The van der Waals surface area contributed by atoms with E-state index in [9.17, 15) is 0 Å². The molecule has 1 aromatic carbocycles. The number of ether oxygens (including phenoxy) is 11. The van der Waals surface area contributed by atoms with Crippen LogP contribution in [0.5, 0.6) is 5.75 Å². The van der Waals surface area contributed by atoms with Crippen molar-refractivity contribution in [3.63, 3.8) is 0 Å². The van der Waals surface area contributed by atoms with Gasteiger partial charge in [0.05, 0.1) is 126 Å². The molecule has 0 saturated heterocycles. The molecular weight excluding hydrogens is 596 g/mol. The maximum atomic E-state index is 5.77. The molecule has 0 atom stereocenters. The van der Waals surface area contributed by atoms with Gasteiger partial charge in [-0.1, -0.05) is 51.2 Å². The van der Waals surface area contributed by atoms with Crippen molar-refractivity contribution in [1.29, 1.82) is 0 Å². The van der Waals surface area contributed by atoms with Gasteiger partial charge < -0.3 is 52.1 Å². The van der Waals surface area contributed by atoms with Crippen molar-refractivity contribution in [1.82, 2.24) is 0 Å². The highest BCUT2D eigenvalue weighted by molar-refractivity contribution is 5.27. The summed E-state index contributed by atoms with van der Waals surface area (Å²) in [5.74, 6) is 0.887. The Kier molecular flexibility index (Phi) is 33.8. The number of hydrogen-bond acceptors (Lipinski definition) is 11. The Morgan fingerprint density at radius 2 is 0.696 bits per heavy atom.